The summed E-state index contributed by atoms with van der Waals surface area (Å²) in [6.07, 6.45) is 3.34. The lowest BCUT2D eigenvalue weighted by molar-refractivity contribution is 0.102. The molecule has 0 aliphatic carbocycles. The Hall–Kier alpha value is -4.17. The summed E-state index contributed by atoms with van der Waals surface area (Å²) in [5.74, 6) is 2.26. The smallest absolute Gasteiger partial charge is 0.257 e. The van der Waals surface area contributed by atoms with Gasteiger partial charge in [-0.25, -0.2) is 4.98 Å². The van der Waals surface area contributed by atoms with Crippen molar-refractivity contribution < 1.29 is 19.0 Å². The van der Waals surface area contributed by atoms with Crippen LogP contribution >= 0.6 is 11.3 Å². The second-order valence-electron chi connectivity index (χ2n) is 7.15. The van der Waals surface area contributed by atoms with Gasteiger partial charge in [0.2, 0.25) is 0 Å². The van der Waals surface area contributed by atoms with Gasteiger partial charge < -0.3 is 14.2 Å². The van der Waals surface area contributed by atoms with Gasteiger partial charge in [-0.15, -0.1) is 11.3 Å². The molecule has 5 aromatic rings. The molecule has 5 rings (SSSR count). The van der Waals surface area contributed by atoms with Crippen molar-refractivity contribution in [2.24, 2.45) is 0 Å². The molecule has 3 aromatic carbocycles. The number of amides is 1. The van der Waals surface area contributed by atoms with Crippen LogP contribution in [0.4, 0.5) is 5.13 Å². The minimum Gasteiger partial charge on any atom is -0.493 e. The fourth-order valence-corrected chi connectivity index (χ4v) is 4.07. The Balaban J connectivity index is 1.47. The van der Waals surface area contributed by atoms with E-state index in [1.807, 2.05) is 47.8 Å². The van der Waals surface area contributed by atoms with Gasteiger partial charge in [0.1, 0.15) is 11.5 Å². The van der Waals surface area contributed by atoms with Crippen LogP contribution in [-0.2, 0) is 0 Å². The van der Waals surface area contributed by atoms with E-state index in [-0.39, 0.29) is 5.91 Å². The molecule has 8 heteroatoms. The standard InChI is InChI=1S/C25H19N3O4S/c1-30-22-13-19-20(14-23(22)31-2)26-8-7-21(19)32-18-6-5-15-3-4-16(11-17(15)12-18)24(29)28-25-27-9-10-33-25/h3-14H,1-2H3,(H,27,28,29). The molecule has 2 heterocycles. The molecule has 0 saturated carbocycles. The molecule has 0 atom stereocenters. The van der Waals surface area contributed by atoms with Crippen molar-refractivity contribution in [2.75, 3.05) is 19.5 Å². The van der Waals surface area contributed by atoms with Crippen LogP contribution < -0.4 is 19.5 Å². The van der Waals surface area contributed by atoms with Gasteiger partial charge in [-0.1, -0.05) is 12.1 Å². The second kappa shape index (κ2) is 8.76. The van der Waals surface area contributed by atoms with Crippen LogP contribution in [0.25, 0.3) is 21.7 Å². The first kappa shape index (κ1) is 20.7. The molecule has 0 radical (unpaired) electrons. The highest BCUT2D eigenvalue weighted by Gasteiger charge is 2.12. The van der Waals surface area contributed by atoms with E-state index in [0.29, 0.717) is 33.7 Å². The predicted octanol–water partition coefficient (Wildman–Crippen LogP) is 5.91. The zero-order valence-corrected chi connectivity index (χ0v) is 18.7. The third-order valence-corrected chi connectivity index (χ3v) is 5.85. The van der Waals surface area contributed by atoms with E-state index in [0.717, 1.165) is 21.7 Å². The minimum atomic E-state index is -0.209. The number of aromatic nitrogens is 2. The van der Waals surface area contributed by atoms with Crippen LogP contribution in [0.1, 0.15) is 10.4 Å². The lowest BCUT2D eigenvalue weighted by Gasteiger charge is -2.13. The molecule has 7 nitrogen and oxygen atoms in total. The Bertz CT molecular complexity index is 1470. The summed E-state index contributed by atoms with van der Waals surface area (Å²) in [7, 11) is 3.18. The maximum absolute atomic E-state index is 12.6. The summed E-state index contributed by atoms with van der Waals surface area (Å²) in [6, 6.07) is 16.8. The van der Waals surface area contributed by atoms with Crippen molar-refractivity contribution in [3.8, 4) is 23.0 Å². The molecule has 1 amide bonds. The normalized spacial score (nSPS) is 10.8. The second-order valence-corrected chi connectivity index (χ2v) is 8.05. The van der Waals surface area contributed by atoms with Gasteiger partial charge >= 0.3 is 0 Å². The number of pyridine rings is 1. The van der Waals surface area contributed by atoms with E-state index in [4.69, 9.17) is 14.2 Å². The van der Waals surface area contributed by atoms with E-state index in [9.17, 15) is 4.79 Å². The highest BCUT2D eigenvalue weighted by molar-refractivity contribution is 7.13. The minimum absolute atomic E-state index is 0.209. The molecule has 0 fully saturated rings. The maximum atomic E-state index is 12.6. The average molecular weight is 458 g/mol. The van der Waals surface area contributed by atoms with Crippen LogP contribution in [0.3, 0.4) is 0 Å². The molecule has 0 spiro atoms. The molecule has 0 aliphatic heterocycles. The summed E-state index contributed by atoms with van der Waals surface area (Å²) < 4.78 is 17.0. The van der Waals surface area contributed by atoms with Gasteiger partial charge in [0.15, 0.2) is 16.6 Å². The van der Waals surface area contributed by atoms with E-state index in [1.54, 1.807) is 38.7 Å². The Morgan fingerprint density at radius 3 is 2.45 bits per heavy atom. The van der Waals surface area contributed by atoms with E-state index in [2.05, 4.69) is 15.3 Å². The molecule has 1 N–H and O–H groups in total. The first-order valence-corrected chi connectivity index (χ1v) is 11.0. The highest BCUT2D eigenvalue weighted by atomic mass is 32.1. The number of fused-ring (bicyclic) bond motifs is 2. The number of carbonyl (C=O) groups excluding carboxylic acids is 1. The largest absolute Gasteiger partial charge is 0.493 e. The fraction of sp³-hybridized carbons (Fsp3) is 0.0800. The summed E-state index contributed by atoms with van der Waals surface area (Å²) in [5, 5.41) is 7.87. The van der Waals surface area contributed by atoms with Gasteiger partial charge in [-0.2, -0.15) is 0 Å². The molecule has 164 valence electrons. The lowest BCUT2D eigenvalue weighted by Crippen LogP contribution is -2.11. The number of nitrogens with one attached hydrogen (secondary N) is 1. The molecule has 2 aromatic heterocycles. The van der Waals surface area contributed by atoms with Crippen molar-refractivity contribution in [3.63, 3.8) is 0 Å². The Labute approximate surface area is 193 Å². The summed E-state index contributed by atoms with van der Waals surface area (Å²) in [6.45, 7) is 0. The first-order valence-electron chi connectivity index (χ1n) is 10.1. The lowest BCUT2D eigenvalue weighted by atomic mass is 10.1. The predicted molar refractivity (Wildman–Crippen MR) is 129 cm³/mol. The number of benzene rings is 3. The van der Waals surface area contributed by atoms with Crippen molar-refractivity contribution in [1.82, 2.24) is 9.97 Å². The van der Waals surface area contributed by atoms with Crippen molar-refractivity contribution in [2.45, 2.75) is 0 Å². The number of ether oxygens (including phenoxy) is 3. The van der Waals surface area contributed by atoms with Crippen LogP contribution in [-0.4, -0.2) is 30.1 Å². The van der Waals surface area contributed by atoms with Crippen molar-refractivity contribution in [1.29, 1.82) is 0 Å². The highest BCUT2D eigenvalue weighted by Crippen LogP contribution is 2.37. The van der Waals surface area contributed by atoms with Crippen LogP contribution in [0, 0.1) is 0 Å². The molecule has 0 bridgehead atoms. The topological polar surface area (TPSA) is 82.6 Å². The van der Waals surface area contributed by atoms with Crippen LogP contribution in [0.15, 0.2) is 72.4 Å². The Morgan fingerprint density at radius 2 is 1.67 bits per heavy atom. The number of thiazole rings is 1. The molecule has 0 saturated heterocycles. The number of nitrogens with zero attached hydrogens (tertiary/aromatic N) is 2. The third-order valence-electron chi connectivity index (χ3n) is 5.16. The number of rotatable bonds is 6. The number of hydrogen-bond donors (Lipinski definition) is 1. The third kappa shape index (κ3) is 4.16. The molecule has 0 unspecified atom stereocenters. The number of hydrogen-bond acceptors (Lipinski definition) is 7. The fourth-order valence-electron chi connectivity index (χ4n) is 3.55. The van der Waals surface area contributed by atoms with Crippen molar-refractivity contribution in [3.05, 3.63) is 77.9 Å². The molecule has 0 aliphatic rings. The number of carbonyl (C=O) groups is 1. The summed E-state index contributed by atoms with van der Waals surface area (Å²) in [5.41, 5.74) is 1.27. The van der Waals surface area contributed by atoms with Crippen LogP contribution in [0.5, 0.6) is 23.0 Å². The Morgan fingerprint density at radius 1 is 0.848 bits per heavy atom. The van der Waals surface area contributed by atoms with Gasteiger partial charge in [0.05, 0.1) is 19.7 Å². The van der Waals surface area contributed by atoms with Gasteiger partial charge in [-0.05, 0) is 47.2 Å². The first-order chi connectivity index (χ1) is 16.1. The van der Waals surface area contributed by atoms with Crippen LogP contribution in [0.2, 0.25) is 0 Å². The van der Waals surface area contributed by atoms with Gasteiger partial charge in [-0.3, -0.25) is 15.1 Å². The quantitative estimate of drug-likeness (QED) is 0.342. The summed E-state index contributed by atoms with van der Waals surface area (Å²) in [4.78, 5) is 21.1. The molecular formula is C25H19N3O4S. The zero-order chi connectivity index (χ0) is 22.8. The van der Waals surface area contributed by atoms with E-state index in [1.165, 1.54) is 11.3 Å². The number of anilines is 1. The Kier molecular flexibility index (Phi) is 5.50. The zero-order valence-electron chi connectivity index (χ0n) is 17.9. The van der Waals surface area contributed by atoms with E-state index < -0.39 is 0 Å². The average Bonchev–Trinajstić information content (AvgIpc) is 3.36. The molecule has 33 heavy (non-hydrogen) atoms. The van der Waals surface area contributed by atoms with Gasteiger partial charge in [0.25, 0.3) is 5.91 Å². The SMILES string of the molecule is COc1cc2nccc(Oc3ccc4ccc(C(=O)Nc5nccs5)cc4c3)c2cc1OC. The van der Waals surface area contributed by atoms with Gasteiger partial charge in [0, 0.05) is 34.8 Å². The number of methoxy groups -OCH3 is 2. The monoisotopic (exact) mass is 457 g/mol. The van der Waals surface area contributed by atoms with Crippen molar-refractivity contribution >= 4 is 44.1 Å². The summed E-state index contributed by atoms with van der Waals surface area (Å²) >= 11 is 1.37. The van der Waals surface area contributed by atoms with E-state index >= 15 is 0 Å². The molecular weight excluding hydrogens is 438 g/mol. The maximum Gasteiger partial charge on any atom is 0.257 e.